The standard InChI is InChI=1S/C24H18F4N2O3S/c25-23(26)24(27,28)16-33-34(31,32)20-13-11-17(12-14-20)21-15-22(18-7-3-1-4-8-18)30(29-21)19-9-5-2-6-10-19/h1-15,23H,16H2. The fourth-order valence-corrected chi connectivity index (χ4v) is 4.10. The quantitative estimate of drug-likeness (QED) is 0.231. The number of para-hydroxylation sites is 1. The minimum atomic E-state index is -4.65. The number of alkyl halides is 4. The maximum Gasteiger partial charge on any atom is 0.331 e. The molecule has 5 nitrogen and oxygen atoms in total. The third-order valence-electron chi connectivity index (χ3n) is 4.94. The van der Waals surface area contributed by atoms with E-state index < -0.39 is 34.0 Å². The van der Waals surface area contributed by atoms with Crippen molar-refractivity contribution in [2.24, 2.45) is 0 Å². The molecule has 4 aromatic rings. The van der Waals surface area contributed by atoms with Crippen LogP contribution in [0.1, 0.15) is 0 Å². The first kappa shape index (κ1) is 23.7. The van der Waals surface area contributed by atoms with E-state index in [0.717, 1.165) is 29.1 Å². The molecule has 4 rings (SSSR count). The van der Waals surface area contributed by atoms with E-state index in [1.54, 1.807) is 4.68 Å². The van der Waals surface area contributed by atoms with Crippen molar-refractivity contribution >= 4 is 10.1 Å². The Morgan fingerprint density at radius 2 is 1.44 bits per heavy atom. The van der Waals surface area contributed by atoms with Gasteiger partial charge in [0.25, 0.3) is 10.1 Å². The highest BCUT2D eigenvalue weighted by atomic mass is 32.2. The number of rotatable bonds is 8. The maximum absolute atomic E-state index is 13.0. The second-order valence-electron chi connectivity index (χ2n) is 7.33. The first-order valence-electron chi connectivity index (χ1n) is 10.0. The summed E-state index contributed by atoms with van der Waals surface area (Å²) in [5, 5.41) is 4.66. The van der Waals surface area contributed by atoms with E-state index in [2.05, 4.69) is 9.28 Å². The molecular weight excluding hydrogens is 472 g/mol. The van der Waals surface area contributed by atoms with Crippen molar-refractivity contribution in [2.45, 2.75) is 17.2 Å². The molecule has 0 saturated carbocycles. The molecule has 0 atom stereocenters. The summed E-state index contributed by atoms with van der Waals surface area (Å²) in [6, 6.07) is 26.0. The van der Waals surface area contributed by atoms with Crippen molar-refractivity contribution < 1.29 is 30.2 Å². The number of hydrogen-bond acceptors (Lipinski definition) is 4. The second-order valence-corrected chi connectivity index (χ2v) is 8.95. The molecule has 10 heteroatoms. The summed E-state index contributed by atoms with van der Waals surface area (Å²) in [7, 11) is -4.65. The smallest absolute Gasteiger partial charge is 0.260 e. The van der Waals surface area contributed by atoms with Crippen molar-refractivity contribution in [2.75, 3.05) is 6.61 Å². The molecule has 0 aliphatic carbocycles. The van der Waals surface area contributed by atoms with E-state index in [1.165, 1.54) is 12.1 Å². The third kappa shape index (κ3) is 5.02. The van der Waals surface area contributed by atoms with Gasteiger partial charge in [0.15, 0.2) is 0 Å². The summed E-state index contributed by atoms with van der Waals surface area (Å²) in [5.74, 6) is -4.58. The summed E-state index contributed by atoms with van der Waals surface area (Å²) >= 11 is 0. The van der Waals surface area contributed by atoms with Crippen LogP contribution in [0.3, 0.4) is 0 Å². The molecule has 3 aromatic carbocycles. The number of hydrogen-bond donors (Lipinski definition) is 0. The Bertz CT molecular complexity index is 1300. The van der Waals surface area contributed by atoms with Gasteiger partial charge in [-0.05, 0) is 30.3 Å². The van der Waals surface area contributed by atoms with Crippen LogP contribution in [0.2, 0.25) is 0 Å². The van der Waals surface area contributed by atoms with Gasteiger partial charge in [0.2, 0.25) is 0 Å². The van der Waals surface area contributed by atoms with Gasteiger partial charge < -0.3 is 0 Å². The molecule has 1 heterocycles. The molecule has 0 N–H and O–H groups in total. The average Bonchev–Trinajstić information content (AvgIpc) is 3.30. The van der Waals surface area contributed by atoms with Crippen LogP contribution in [0.5, 0.6) is 0 Å². The Balaban J connectivity index is 1.65. The fraction of sp³-hybridized carbons (Fsp3) is 0.125. The van der Waals surface area contributed by atoms with Gasteiger partial charge in [0, 0.05) is 11.1 Å². The lowest BCUT2D eigenvalue weighted by atomic mass is 10.1. The molecular formula is C24H18F4N2O3S. The van der Waals surface area contributed by atoms with Crippen LogP contribution in [0.25, 0.3) is 28.2 Å². The van der Waals surface area contributed by atoms with Gasteiger partial charge in [-0.2, -0.15) is 22.3 Å². The SMILES string of the molecule is O=S(=O)(OCC(F)(F)C(F)F)c1ccc(-c2cc(-c3ccccc3)n(-c3ccccc3)n2)cc1. The molecule has 0 amide bonds. The molecule has 0 fully saturated rings. The van der Waals surface area contributed by atoms with Gasteiger partial charge in [-0.3, -0.25) is 4.18 Å². The highest BCUT2D eigenvalue weighted by molar-refractivity contribution is 7.86. The summed E-state index contributed by atoms with van der Waals surface area (Å²) < 4.78 is 80.9. The number of halogens is 4. The van der Waals surface area contributed by atoms with Gasteiger partial charge in [-0.1, -0.05) is 60.7 Å². The minimum Gasteiger partial charge on any atom is -0.260 e. The average molecular weight is 490 g/mol. The van der Waals surface area contributed by atoms with Crippen molar-refractivity contribution in [1.29, 1.82) is 0 Å². The van der Waals surface area contributed by atoms with Crippen LogP contribution in [-0.4, -0.2) is 37.2 Å². The van der Waals surface area contributed by atoms with Gasteiger partial charge in [0.05, 0.1) is 22.0 Å². The Labute approximate surface area is 193 Å². The van der Waals surface area contributed by atoms with E-state index in [9.17, 15) is 26.0 Å². The van der Waals surface area contributed by atoms with E-state index in [0.29, 0.717) is 11.3 Å². The molecule has 34 heavy (non-hydrogen) atoms. The first-order chi connectivity index (χ1) is 16.2. The number of benzene rings is 3. The Morgan fingerprint density at radius 1 is 0.853 bits per heavy atom. The lowest BCUT2D eigenvalue weighted by Gasteiger charge is -2.15. The Kier molecular flexibility index (Phi) is 6.54. The van der Waals surface area contributed by atoms with Crippen LogP contribution in [0.4, 0.5) is 17.6 Å². The zero-order valence-electron chi connectivity index (χ0n) is 17.5. The van der Waals surface area contributed by atoms with Gasteiger partial charge in [-0.25, -0.2) is 13.5 Å². The number of aromatic nitrogens is 2. The highest BCUT2D eigenvalue weighted by Gasteiger charge is 2.42. The van der Waals surface area contributed by atoms with E-state index in [4.69, 9.17) is 0 Å². The highest BCUT2D eigenvalue weighted by Crippen LogP contribution is 2.30. The van der Waals surface area contributed by atoms with Crippen LogP contribution in [0.15, 0.2) is 95.9 Å². The van der Waals surface area contributed by atoms with Crippen LogP contribution in [-0.2, 0) is 14.3 Å². The second kappa shape index (κ2) is 9.40. The summed E-state index contributed by atoms with van der Waals surface area (Å²) in [4.78, 5) is -0.438. The number of nitrogens with zero attached hydrogens (tertiary/aromatic N) is 2. The summed E-state index contributed by atoms with van der Waals surface area (Å²) in [6.07, 6.45) is -4.04. The lowest BCUT2D eigenvalue weighted by Crippen LogP contribution is -2.33. The van der Waals surface area contributed by atoms with Gasteiger partial charge in [0.1, 0.15) is 6.61 Å². The van der Waals surface area contributed by atoms with E-state index >= 15 is 0 Å². The molecule has 0 saturated heterocycles. The Hall–Kier alpha value is -3.50. The zero-order chi connectivity index (χ0) is 24.3. The topological polar surface area (TPSA) is 61.2 Å². The van der Waals surface area contributed by atoms with Crippen molar-refractivity contribution in [3.63, 3.8) is 0 Å². The largest absolute Gasteiger partial charge is 0.331 e. The minimum absolute atomic E-state index is 0.438. The first-order valence-corrected chi connectivity index (χ1v) is 11.4. The van der Waals surface area contributed by atoms with Crippen molar-refractivity contribution in [3.8, 4) is 28.2 Å². The summed E-state index contributed by atoms with van der Waals surface area (Å²) in [6.45, 7) is -1.95. The van der Waals surface area contributed by atoms with E-state index in [1.807, 2.05) is 66.7 Å². The van der Waals surface area contributed by atoms with Gasteiger partial charge >= 0.3 is 12.3 Å². The van der Waals surface area contributed by atoms with E-state index in [-0.39, 0.29) is 0 Å². The van der Waals surface area contributed by atoms with Crippen molar-refractivity contribution in [3.05, 3.63) is 91.0 Å². The third-order valence-corrected chi connectivity index (χ3v) is 6.22. The zero-order valence-corrected chi connectivity index (χ0v) is 18.3. The van der Waals surface area contributed by atoms with Crippen molar-refractivity contribution in [1.82, 2.24) is 9.78 Å². The van der Waals surface area contributed by atoms with Crippen LogP contribution < -0.4 is 0 Å². The predicted octanol–water partition coefficient (Wildman–Crippen LogP) is 5.81. The molecule has 1 aromatic heterocycles. The lowest BCUT2D eigenvalue weighted by molar-refractivity contribution is -0.147. The molecule has 0 spiro atoms. The Morgan fingerprint density at radius 3 is 2.03 bits per heavy atom. The molecule has 176 valence electrons. The maximum atomic E-state index is 13.0. The molecule has 0 aliphatic rings. The molecule has 0 aliphatic heterocycles. The van der Waals surface area contributed by atoms with Crippen LogP contribution >= 0.6 is 0 Å². The molecule has 0 unspecified atom stereocenters. The summed E-state index contributed by atoms with van der Waals surface area (Å²) in [5.41, 5.74) is 3.63. The van der Waals surface area contributed by atoms with Gasteiger partial charge in [-0.15, -0.1) is 0 Å². The normalized spacial score (nSPS) is 12.3. The monoisotopic (exact) mass is 490 g/mol. The fourth-order valence-electron chi connectivity index (χ4n) is 3.18. The molecule has 0 bridgehead atoms. The predicted molar refractivity (Wildman–Crippen MR) is 119 cm³/mol. The van der Waals surface area contributed by atoms with Crippen LogP contribution in [0, 0.1) is 0 Å². The molecule has 0 radical (unpaired) electrons.